The fraction of sp³-hybridized carbons (Fsp3) is 0.750. The zero-order chi connectivity index (χ0) is 13.3. The van der Waals surface area contributed by atoms with Gasteiger partial charge in [0.05, 0.1) is 6.61 Å². The number of carbonyl (C=O) groups is 1. The van der Waals surface area contributed by atoms with Crippen molar-refractivity contribution in [3.05, 3.63) is 11.2 Å². The first-order chi connectivity index (χ1) is 7.69. The lowest BCUT2D eigenvalue weighted by molar-refractivity contribution is -0.305. The van der Waals surface area contributed by atoms with E-state index in [4.69, 9.17) is 9.47 Å². The van der Waals surface area contributed by atoms with Crippen LogP contribution in [0.2, 0.25) is 0 Å². The van der Waals surface area contributed by atoms with Gasteiger partial charge >= 0.3 is 0 Å². The fourth-order valence-corrected chi connectivity index (χ4v) is 2.00. The van der Waals surface area contributed by atoms with E-state index in [1.807, 2.05) is 27.7 Å². The third-order valence-corrected chi connectivity index (χ3v) is 2.99. The minimum absolute atomic E-state index is 0.0675. The number of rotatable bonds is 2. The van der Waals surface area contributed by atoms with Crippen molar-refractivity contribution < 1.29 is 14.3 Å². The van der Waals surface area contributed by atoms with Crippen molar-refractivity contribution >= 4 is 21.8 Å². The molecule has 0 saturated carbocycles. The van der Waals surface area contributed by atoms with E-state index in [-0.39, 0.29) is 11.3 Å². The van der Waals surface area contributed by atoms with Gasteiger partial charge in [0, 0.05) is 18.7 Å². The van der Waals surface area contributed by atoms with Gasteiger partial charge in [-0.25, -0.2) is 0 Å². The summed E-state index contributed by atoms with van der Waals surface area (Å²) in [5.74, 6) is -0.781. The van der Waals surface area contributed by atoms with Gasteiger partial charge in [-0.05, 0) is 18.8 Å². The van der Waals surface area contributed by atoms with Gasteiger partial charge in [-0.2, -0.15) is 0 Å². The molecule has 98 valence electrons. The summed E-state index contributed by atoms with van der Waals surface area (Å²) in [5.41, 5.74) is -0.332. The standard InChI is InChI=1S/C12H20BrNO3/c1-11(2)8-16-12(3,4)17-9(11)10(15)14(5)7-6-13/h6-7,9H,8H2,1-5H3. The summed E-state index contributed by atoms with van der Waals surface area (Å²) in [6.45, 7) is 8.08. The first kappa shape index (κ1) is 14.7. The van der Waals surface area contributed by atoms with Crippen LogP contribution in [0.15, 0.2) is 11.2 Å². The molecule has 0 aromatic carbocycles. The van der Waals surface area contributed by atoms with Crippen LogP contribution in [0.25, 0.3) is 0 Å². The predicted octanol–water partition coefficient (Wildman–Crippen LogP) is 2.49. The van der Waals surface area contributed by atoms with E-state index in [1.54, 1.807) is 18.2 Å². The molecule has 0 radical (unpaired) electrons. The second-order valence-corrected chi connectivity index (χ2v) is 5.93. The first-order valence-corrected chi connectivity index (χ1v) is 6.46. The van der Waals surface area contributed by atoms with Gasteiger partial charge in [-0.3, -0.25) is 4.79 Å². The van der Waals surface area contributed by atoms with Crippen molar-refractivity contribution in [2.24, 2.45) is 5.41 Å². The molecule has 5 heteroatoms. The van der Waals surface area contributed by atoms with E-state index in [1.165, 1.54) is 4.90 Å². The number of nitrogens with zero attached hydrogens (tertiary/aromatic N) is 1. The van der Waals surface area contributed by atoms with E-state index in [9.17, 15) is 4.79 Å². The van der Waals surface area contributed by atoms with Crippen LogP contribution in [0.3, 0.4) is 0 Å². The van der Waals surface area contributed by atoms with Gasteiger partial charge < -0.3 is 14.4 Å². The smallest absolute Gasteiger partial charge is 0.256 e. The molecule has 0 N–H and O–H groups in total. The molecule has 1 amide bonds. The monoisotopic (exact) mass is 305 g/mol. The number of amides is 1. The number of ether oxygens (including phenoxy) is 2. The Bertz CT molecular complexity index is 326. The maximum atomic E-state index is 12.3. The van der Waals surface area contributed by atoms with E-state index in [0.29, 0.717) is 6.61 Å². The average molecular weight is 306 g/mol. The molecule has 0 aromatic heterocycles. The molecule has 0 aliphatic carbocycles. The summed E-state index contributed by atoms with van der Waals surface area (Å²) in [4.78, 5) is 15.4. The lowest BCUT2D eigenvalue weighted by atomic mass is 9.85. The normalized spacial score (nSPS) is 27.1. The highest BCUT2D eigenvalue weighted by molar-refractivity contribution is 9.11. The van der Waals surface area contributed by atoms with Gasteiger partial charge in [-0.15, -0.1) is 0 Å². The van der Waals surface area contributed by atoms with Crippen molar-refractivity contribution in [3.63, 3.8) is 0 Å². The largest absolute Gasteiger partial charge is 0.350 e. The topological polar surface area (TPSA) is 38.8 Å². The van der Waals surface area contributed by atoms with Crippen LogP contribution < -0.4 is 0 Å². The molecule has 1 fully saturated rings. The number of halogens is 1. The Kier molecular flexibility index (Phi) is 4.38. The maximum Gasteiger partial charge on any atom is 0.256 e. The second-order valence-electron chi connectivity index (χ2n) is 5.40. The van der Waals surface area contributed by atoms with Crippen LogP contribution in [0, 0.1) is 5.41 Å². The van der Waals surface area contributed by atoms with Gasteiger partial charge in [0.2, 0.25) is 0 Å². The van der Waals surface area contributed by atoms with Gasteiger partial charge in [0.1, 0.15) is 6.10 Å². The maximum absolute atomic E-state index is 12.3. The lowest BCUT2D eigenvalue weighted by Crippen LogP contribution is -2.56. The van der Waals surface area contributed by atoms with Crippen LogP contribution in [0.1, 0.15) is 27.7 Å². The summed E-state index contributed by atoms with van der Waals surface area (Å²) in [6, 6.07) is 0. The minimum Gasteiger partial charge on any atom is -0.350 e. The highest BCUT2D eigenvalue weighted by Crippen LogP contribution is 2.35. The fourth-order valence-electron chi connectivity index (χ4n) is 1.64. The molecule has 1 unspecified atom stereocenters. The molecular weight excluding hydrogens is 286 g/mol. The molecule has 1 aliphatic rings. The summed E-state index contributed by atoms with van der Waals surface area (Å²) >= 11 is 3.15. The second kappa shape index (κ2) is 5.08. The average Bonchev–Trinajstić information content (AvgIpc) is 2.22. The summed E-state index contributed by atoms with van der Waals surface area (Å²) in [5, 5.41) is 0. The minimum atomic E-state index is -0.713. The Morgan fingerprint density at radius 2 is 2.00 bits per heavy atom. The third-order valence-electron chi connectivity index (χ3n) is 2.76. The van der Waals surface area contributed by atoms with Crippen molar-refractivity contribution in [1.82, 2.24) is 4.90 Å². The summed E-state index contributed by atoms with van der Waals surface area (Å²) in [7, 11) is 1.71. The molecule has 1 atom stereocenters. The van der Waals surface area contributed by atoms with Crippen LogP contribution in [0.5, 0.6) is 0 Å². The Hall–Kier alpha value is -0.390. The highest BCUT2D eigenvalue weighted by atomic mass is 79.9. The predicted molar refractivity (Wildman–Crippen MR) is 69.5 cm³/mol. The third kappa shape index (κ3) is 3.53. The van der Waals surface area contributed by atoms with Crippen LogP contribution >= 0.6 is 15.9 Å². The SMILES string of the molecule is CN(C=CBr)C(=O)C1OC(C)(C)OCC1(C)C. The molecule has 1 saturated heterocycles. The van der Waals surface area contributed by atoms with Crippen LogP contribution in [-0.2, 0) is 14.3 Å². The lowest BCUT2D eigenvalue weighted by Gasteiger charge is -2.45. The van der Waals surface area contributed by atoms with Crippen molar-refractivity contribution in [1.29, 1.82) is 0 Å². The molecule has 1 rings (SSSR count). The number of carbonyl (C=O) groups excluding carboxylic acids is 1. The molecule has 1 aliphatic heterocycles. The van der Waals surface area contributed by atoms with Gasteiger partial charge in [0.25, 0.3) is 5.91 Å². The zero-order valence-electron chi connectivity index (χ0n) is 11.0. The first-order valence-electron chi connectivity index (χ1n) is 5.55. The Morgan fingerprint density at radius 3 is 2.53 bits per heavy atom. The van der Waals surface area contributed by atoms with Crippen molar-refractivity contribution in [3.8, 4) is 0 Å². The number of likely N-dealkylation sites (N-methyl/N-ethyl adjacent to an activating group) is 1. The Balaban J connectivity index is 2.88. The Labute approximate surface area is 111 Å². The number of hydrogen-bond acceptors (Lipinski definition) is 3. The van der Waals surface area contributed by atoms with Gasteiger partial charge in [-0.1, -0.05) is 29.8 Å². The van der Waals surface area contributed by atoms with Crippen LogP contribution in [-0.4, -0.2) is 36.4 Å². The van der Waals surface area contributed by atoms with Crippen LogP contribution in [0.4, 0.5) is 0 Å². The van der Waals surface area contributed by atoms with E-state index in [2.05, 4.69) is 15.9 Å². The molecule has 0 aromatic rings. The Morgan fingerprint density at radius 1 is 1.41 bits per heavy atom. The quantitative estimate of drug-likeness (QED) is 0.787. The van der Waals surface area contributed by atoms with E-state index in [0.717, 1.165) is 0 Å². The molecule has 0 spiro atoms. The molecule has 1 heterocycles. The van der Waals surface area contributed by atoms with E-state index < -0.39 is 11.9 Å². The highest BCUT2D eigenvalue weighted by Gasteiger charge is 2.46. The van der Waals surface area contributed by atoms with E-state index >= 15 is 0 Å². The molecule has 17 heavy (non-hydrogen) atoms. The molecular formula is C12H20BrNO3. The summed E-state index contributed by atoms with van der Waals surface area (Å²) < 4.78 is 11.3. The molecule has 4 nitrogen and oxygen atoms in total. The summed E-state index contributed by atoms with van der Waals surface area (Å²) in [6.07, 6.45) is 1.16. The zero-order valence-corrected chi connectivity index (χ0v) is 12.6. The van der Waals surface area contributed by atoms with Gasteiger partial charge in [0.15, 0.2) is 5.79 Å². The van der Waals surface area contributed by atoms with Crippen molar-refractivity contribution in [2.45, 2.75) is 39.6 Å². The molecule has 0 bridgehead atoms. The number of hydrogen-bond donors (Lipinski definition) is 0. The van der Waals surface area contributed by atoms with Crippen molar-refractivity contribution in [2.75, 3.05) is 13.7 Å².